The number of hydrogen-bond acceptors (Lipinski definition) is 3. The van der Waals surface area contributed by atoms with Crippen LogP contribution in [-0.4, -0.2) is 31.5 Å². The Hall–Kier alpha value is -1.06. The van der Waals surface area contributed by atoms with Crippen LogP contribution in [-0.2, 0) is 11.2 Å². The Morgan fingerprint density at radius 3 is 2.81 bits per heavy atom. The smallest absolute Gasteiger partial charge is 0.119 e. The molecule has 5 unspecified atom stereocenters. The van der Waals surface area contributed by atoms with Crippen LogP contribution in [0.1, 0.15) is 68.9 Å². The molecule has 3 aliphatic rings. The molecule has 0 spiro atoms. The molecule has 5 atom stereocenters. The van der Waals surface area contributed by atoms with Crippen LogP contribution < -0.4 is 4.74 Å². The maximum absolute atomic E-state index is 10.5. The predicted octanol–water partition coefficient (Wildman–Crippen LogP) is 4.71. The Kier molecular flexibility index (Phi) is 5.29. The van der Waals surface area contributed by atoms with Crippen LogP contribution in [0.15, 0.2) is 18.2 Å². The van der Waals surface area contributed by atoms with E-state index in [1.807, 2.05) is 0 Å². The third-order valence-electron chi connectivity index (χ3n) is 7.66. The molecule has 1 N–H and O–H groups in total. The van der Waals surface area contributed by atoms with E-state index in [1.165, 1.54) is 37.7 Å². The summed E-state index contributed by atoms with van der Waals surface area (Å²) in [6.45, 7) is 3.93. The second-order valence-corrected chi connectivity index (χ2v) is 8.96. The van der Waals surface area contributed by atoms with Crippen LogP contribution in [0, 0.1) is 17.3 Å². The van der Waals surface area contributed by atoms with Gasteiger partial charge >= 0.3 is 0 Å². The topological polar surface area (TPSA) is 38.7 Å². The lowest BCUT2D eigenvalue weighted by Gasteiger charge is -2.50. The molecule has 2 fully saturated rings. The Morgan fingerprint density at radius 1 is 1.12 bits per heavy atom. The fourth-order valence-electron chi connectivity index (χ4n) is 6.16. The first kappa shape index (κ1) is 18.3. The normalized spacial score (nSPS) is 35.5. The molecule has 0 aliphatic heterocycles. The summed E-state index contributed by atoms with van der Waals surface area (Å²) in [5.41, 5.74) is 3.24. The zero-order chi connectivity index (χ0) is 18.1. The van der Waals surface area contributed by atoms with Gasteiger partial charge in [0, 0.05) is 13.7 Å². The second kappa shape index (κ2) is 7.52. The van der Waals surface area contributed by atoms with Gasteiger partial charge in [-0.25, -0.2) is 0 Å². The number of benzene rings is 1. The lowest BCUT2D eigenvalue weighted by molar-refractivity contribution is -0.0226. The van der Waals surface area contributed by atoms with E-state index in [4.69, 9.17) is 9.47 Å². The molecule has 26 heavy (non-hydrogen) atoms. The monoisotopic (exact) mass is 358 g/mol. The highest BCUT2D eigenvalue weighted by atomic mass is 16.5. The van der Waals surface area contributed by atoms with Gasteiger partial charge in [0.1, 0.15) is 5.75 Å². The van der Waals surface area contributed by atoms with Crippen molar-refractivity contribution in [1.82, 2.24) is 0 Å². The number of rotatable bonds is 6. The van der Waals surface area contributed by atoms with E-state index >= 15 is 0 Å². The van der Waals surface area contributed by atoms with Gasteiger partial charge in [0.05, 0.1) is 12.7 Å². The van der Waals surface area contributed by atoms with Crippen molar-refractivity contribution in [2.75, 3.05) is 20.3 Å². The molecule has 4 rings (SSSR count). The van der Waals surface area contributed by atoms with E-state index in [1.54, 1.807) is 12.7 Å². The minimum atomic E-state index is -0.0799. The third kappa shape index (κ3) is 3.18. The standard InChI is InChI=1S/C23H34O3/c1-23-12-11-19-18-8-6-17(26-14-4-3-13-25-2)15-16(18)5-7-20(19)21(23)9-10-22(23)24/h6,8,15,19-22,24H,3-5,7,9-14H2,1-2H3. The van der Waals surface area contributed by atoms with Crippen LogP contribution in [0.25, 0.3) is 0 Å². The Balaban J connectivity index is 1.44. The minimum Gasteiger partial charge on any atom is -0.494 e. The number of aryl methyl sites for hydroxylation is 1. The molecule has 144 valence electrons. The summed E-state index contributed by atoms with van der Waals surface area (Å²) in [7, 11) is 1.75. The first-order valence-corrected chi connectivity index (χ1v) is 10.6. The largest absolute Gasteiger partial charge is 0.494 e. The lowest BCUT2D eigenvalue weighted by Crippen LogP contribution is -2.43. The van der Waals surface area contributed by atoms with Crippen LogP contribution >= 0.6 is 0 Å². The molecule has 3 heteroatoms. The summed E-state index contributed by atoms with van der Waals surface area (Å²) in [4.78, 5) is 0. The third-order valence-corrected chi connectivity index (χ3v) is 7.66. The van der Waals surface area contributed by atoms with Crippen LogP contribution in [0.4, 0.5) is 0 Å². The number of aliphatic hydroxyl groups is 1. The van der Waals surface area contributed by atoms with E-state index in [0.717, 1.165) is 44.1 Å². The van der Waals surface area contributed by atoms with Crippen molar-refractivity contribution in [3.63, 3.8) is 0 Å². The number of ether oxygens (including phenoxy) is 2. The molecule has 0 saturated heterocycles. The van der Waals surface area contributed by atoms with Crippen molar-refractivity contribution in [3.8, 4) is 5.75 Å². The predicted molar refractivity (Wildman–Crippen MR) is 104 cm³/mol. The fourth-order valence-corrected chi connectivity index (χ4v) is 6.16. The summed E-state index contributed by atoms with van der Waals surface area (Å²) < 4.78 is 11.1. The van der Waals surface area contributed by atoms with Gasteiger partial charge < -0.3 is 14.6 Å². The second-order valence-electron chi connectivity index (χ2n) is 8.96. The van der Waals surface area contributed by atoms with E-state index in [-0.39, 0.29) is 11.5 Å². The maximum atomic E-state index is 10.5. The summed E-state index contributed by atoms with van der Waals surface area (Å²) in [6.07, 6.45) is 9.10. The number of methoxy groups -OCH3 is 1. The van der Waals surface area contributed by atoms with Crippen LogP contribution in [0.3, 0.4) is 0 Å². The zero-order valence-electron chi connectivity index (χ0n) is 16.4. The highest BCUT2D eigenvalue weighted by Crippen LogP contribution is 2.60. The summed E-state index contributed by atoms with van der Waals surface area (Å²) in [6, 6.07) is 6.80. The van der Waals surface area contributed by atoms with Crippen LogP contribution in [0.5, 0.6) is 5.75 Å². The van der Waals surface area contributed by atoms with Crippen molar-refractivity contribution < 1.29 is 14.6 Å². The average molecular weight is 359 g/mol. The van der Waals surface area contributed by atoms with E-state index in [0.29, 0.717) is 11.8 Å². The van der Waals surface area contributed by atoms with Gasteiger partial charge in [-0.3, -0.25) is 0 Å². The first-order valence-electron chi connectivity index (χ1n) is 10.6. The number of fused-ring (bicyclic) bond motifs is 5. The Labute approximate surface area is 158 Å². The molecule has 0 bridgehead atoms. The van der Waals surface area contributed by atoms with Gasteiger partial charge in [-0.15, -0.1) is 0 Å². The van der Waals surface area contributed by atoms with Crippen molar-refractivity contribution in [3.05, 3.63) is 29.3 Å². The van der Waals surface area contributed by atoms with Gasteiger partial charge in [0.15, 0.2) is 0 Å². The van der Waals surface area contributed by atoms with Gasteiger partial charge in [0.2, 0.25) is 0 Å². The highest BCUT2D eigenvalue weighted by molar-refractivity contribution is 5.40. The number of hydrogen-bond donors (Lipinski definition) is 1. The molecule has 1 aromatic rings. The van der Waals surface area contributed by atoms with E-state index < -0.39 is 0 Å². The SMILES string of the molecule is COCCCCOc1ccc2c(c1)CCC1C2CCC2(C)C(O)CCC12. The molecule has 0 amide bonds. The molecule has 0 heterocycles. The molecule has 3 nitrogen and oxygen atoms in total. The fraction of sp³-hybridized carbons (Fsp3) is 0.739. The van der Waals surface area contributed by atoms with Gasteiger partial charge in [0.25, 0.3) is 0 Å². The highest BCUT2D eigenvalue weighted by Gasteiger charge is 2.54. The van der Waals surface area contributed by atoms with E-state index in [2.05, 4.69) is 25.1 Å². The zero-order valence-corrected chi connectivity index (χ0v) is 16.4. The Morgan fingerprint density at radius 2 is 1.96 bits per heavy atom. The molecule has 1 aromatic carbocycles. The van der Waals surface area contributed by atoms with Gasteiger partial charge in [-0.2, -0.15) is 0 Å². The first-order chi connectivity index (χ1) is 12.6. The summed E-state index contributed by atoms with van der Waals surface area (Å²) in [5.74, 6) is 3.19. The number of unbranched alkanes of at least 4 members (excludes halogenated alkanes) is 1. The molecule has 2 saturated carbocycles. The quantitative estimate of drug-likeness (QED) is 0.749. The summed E-state index contributed by atoms with van der Waals surface area (Å²) in [5, 5.41) is 10.5. The van der Waals surface area contributed by atoms with Crippen molar-refractivity contribution >= 4 is 0 Å². The molecular formula is C23H34O3. The Bertz CT molecular complexity index is 628. The molecule has 0 radical (unpaired) electrons. The van der Waals surface area contributed by atoms with E-state index in [9.17, 15) is 5.11 Å². The lowest BCUT2D eigenvalue weighted by atomic mass is 9.55. The minimum absolute atomic E-state index is 0.0799. The molecular weight excluding hydrogens is 324 g/mol. The summed E-state index contributed by atoms with van der Waals surface area (Å²) >= 11 is 0. The maximum Gasteiger partial charge on any atom is 0.119 e. The molecule has 0 aromatic heterocycles. The van der Waals surface area contributed by atoms with Crippen LogP contribution in [0.2, 0.25) is 0 Å². The van der Waals surface area contributed by atoms with Gasteiger partial charge in [-0.05, 0) is 97.8 Å². The van der Waals surface area contributed by atoms with Crippen molar-refractivity contribution in [1.29, 1.82) is 0 Å². The van der Waals surface area contributed by atoms with Crippen molar-refractivity contribution in [2.45, 2.75) is 70.3 Å². The van der Waals surface area contributed by atoms with Gasteiger partial charge in [-0.1, -0.05) is 13.0 Å². The number of aliphatic hydroxyl groups excluding tert-OH is 1. The molecule has 3 aliphatic carbocycles. The van der Waals surface area contributed by atoms with Crippen molar-refractivity contribution in [2.24, 2.45) is 17.3 Å². The average Bonchev–Trinajstić information content (AvgIpc) is 2.96.